The maximum atomic E-state index is 12.9. The summed E-state index contributed by atoms with van der Waals surface area (Å²) in [7, 11) is 0. The normalized spacial score (nSPS) is 14.8. The minimum Gasteiger partial charge on any atom is -0.502 e. The molecule has 0 saturated carbocycles. The molecule has 1 aliphatic heterocycles. The molecule has 2 aromatic rings. The minimum absolute atomic E-state index is 0.0593. The fourth-order valence-electron chi connectivity index (χ4n) is 2.87. The summed E-state index contributed by atoms with van der Waals surface area (Å²) in [6.07, 6.45) is 0. The molecule has 1 aliphatic rings. The third kappa shape index (κ3) is 2.31. The number of aryl methyl sites for hydroxylation is 3. The van der Waals surface area contributed by atoms with Gasteiger partial charge in [0.2, 0.25) is 0 Å². The highest BCUT2D eigenvalue weighted by molar-refractivity contribution is 6.45. The number of rotatable bonds is 2. The lowest BCUT2D eigenvalue weighted by molar-refractivity contribution is -0.121. The van der Waals surface area contributed by atoms with E-state index in [0.29, 0.717) is 11.3 Å². The average molecular weight is 321 g/mol. The van der Waals surface area contributed by atoms with Crippen molar-refractivity contribution in [2.75, 3.05) is 4.90 Å². The summed E-state index contributed by atoms with van der Waals surface area (Å²) in [4.78, 5) is 26.4. The third-order valence-corrected chi connectivity index (χ3v) is 4.67. The maximum Gasteiger partial charge on any atom is 0.301 e. The molecule has 0 spiro atoms. The molecule has 0 bridgehead atoms. The van der Waals surface area contributed by atoms with E-state index >= 15 is 0 Å². The van der Waals surface area contributed by atoms with Crippen molar-refractivity contribution >= 4 is 23.1 Å². The highest BCUT2D eigenvalue weighted by Crippen LogP contribution is 2.34. The van der Waals surface area contributed by atoms with Crippen LogP contribution in [-0.4, -0.2) is 16.9 Å². The second kappa shape index (κ2) is 5.64. The van der Waals surface area contributed by atoms with Gasteiger partial charge < -0.3 is 5.11 Å². The number of hydrogen-bond acceptors (Lipinski definition) is 3. The molecule has 0 fully saturated rings. The smallest absolute Gasteiger partial charge is 0.301 e. The van der Waals surface area contributed by atoms with Gasteiger partial charge in [-0.15, -0.1) is 0 Å². The molecule has 0 radical (unpaired) electrons. The zero-order valence-corrected chi connectivity index (χ0v) is 14.2. The van der Waals surface area contributed by atoms with Crippen LogP contribution in [0.2, 0.25) is 0 Å². The number of carbonyl (C=O) groups is 2. The summed E-state index contributed by atoms with van der Waals surface area (Å²) >= 11 is 0. The van der Waals surface area contributed by atoms with Crippen LogP contribution in [0.1, 0.15) is 27.8 Å². The van der Waals surface area contributed by atoms with Gasteiger partial charge in [0, 0.05) is 0 Å². The number of benzene rings is 2. The van der Waals surface area contributed by atoms with Crippen molar-refractivity contribution < 1.29 is 14.7 Å². The summed E-state index contributed by atoms with van der Waals surface area (Å²) < 4.78 is 0. The van der Waals surface area contributed by atoms with Crippen molar-refractivity contribution in [3.63, 3.8) is 0 Å². The van der Waals surface area contributed by atoms with Gasteiger partial charge in [-0.1, -0.05) is 30.3 Å². The van der Waals surface area contributed by atoms with E-state index in [0.717, 1.165) is 27.2 Å². The van der Waals surface area contributed by atoms with Crippen LogP contribution >= 0.6 is 0 Å². The van der Waals surface area contributed by atoms with E-state index in [-0.39, 0.29) is 5.57 Å². The molecule has 0 unspecified atom stereocenters. The first-order chi connectivity index (χ1) is 11.3. The Kier molecular flexibility index (Phi) is 3.76. The number of anilines is 1. The summed E-state index contributed by atoms with van der Waals surface area (Å²) in [6, 6.07) is 10.9. The number of amides is 2. The number of carbonyl (C=O) groups excluding carboxylic acids is 2. The molecule has 2 aromatic carbocycles. The van der Waals surface area contributed by atoms with Crippen LogP contribution in [0.4, 0.5) is 5.69 Å². The molecule has 122 valence electrons. The van der Waals surface area contributed by atoms with Gasteiger partial charge in [-0.2, -0.15) is 0 Å². The molecule has 0 aliphatic carbocycles. The van der Waals surface area contributed by atoms with E-state index in [4.69, 9.17) is 0 Å². The Morgan fingerprint density at radius 2 is 1.54 bits per heavy atom. The Morgan fingerprint density at radius 1 is 0.833 bits per heavy atom. The van der Waals surface area contributed by atoms with Crippen molar-refractivity contribution in [1.29, 1.82) is 0 Å². The van der Waals surface area contributed by atoms with Crippen LogP contribution in [-0.2, 0) is 9.59 Å². The van der Waals surface area contributed by atoms with Crippen LogP contribution in [0.5, 0.6) is 0 Å². The predicted molar refractivity (Wildman–Crippen MR) is 93.9 cm³/mol. The van der Waals surface area contributed by atoms with E-state index in [1.54, 1.807) is 18.2 Å². The largest absolute Gasteiger partial charge is 0.502 e. The van der Waals surface area contributed by atoms with Crippen LogP contribution < -0.4 is 4.90 Å². The molecule has 4 nitrogen and oxygen atoms in total. The predicted octanol–water partition coefficient (Wildman–Crippen LogP) is 3.76. The molecule has 3 rings (SSSR count). The fourth-order valence-corrected chi connectivity index (χ4v) is 2.87. The van der Waals surface area contributed by atoms with Crippen molar-refractivity contribution in [2.45, 2.75) is 27.7 Å². The van der Waals surface area contributed by atoms with Crippen molar-refractivity contribution in [2.24, 2.45) is 0 Å². The Morgan fingerprint density at radius 3 is 2.21 bits per heavy atom. The molecule has 1 heterocycles. The Hall–Kier alpha value is -2.88. The zero-order chi connectivity index (χ0) is 17.6. The van der Waals surface area contributed by atoms with Gasteiger partial charge in [-0.05, 0) is 61.6 Å². The average Bonchev–Trinajstić information content (AvgIpc) is 2.76. The second-order valence-corrected chi connectivity index (χ2v) is 6.19. The molecule has 24 heavy (non-hydrogen) atoms. The molecule has 0 atom stereocenters. The van der Waals surface area contributed by atoms with Gasteiger partial charge in [-0.3, -0.25) is 9.59 Å². The van der Waals surface area contributed by atoms with E-state index in [9.17, 15) is 14.7 Å². The Labute approximate surface area is 141 Å². The first-order valence-corrected chi connectivity index (χ1v) is 7.78. The van der Waals surface area contributed by atoms with E-state index in [1.807, 2.05) is 45.9 Å². The van der Waals surface area contributed by atoms with Crippen LogP contribution in [0.15, 0.2) is 42.2 Å². The van der Waals surface area contributed by atoms with Gasteiger partial charge in [0.25, 0.3) is 5.91 Å². The highest BCUT2D eigenvalue weighted by atomic mass is 16.3. The standard InChI is InChI=1S/C20H19NO3/c1-11-8-9-15(10-13(11)3)17-18(22)20(24)21(19(17)23)16-7-5-6-12(2)14(16)4/h5-10,22H,1-4H3. The number of hydrogen-bond donors (Lipinski definition) is 1. The van der Waals surface area contributed by atoms with Crippen molar-refractivity contribution in [3.05, 3.63) is 70.0 Å². The lowest BCUT2D eigenvalue weighted by Gasteiger charge is -2.18. The van der Waals surface area contributed by atoms with E-state index in [1.165, 1.54) is 0 Å². The van der Waals surface area contributed by atoms with Gasteiger partial charge in [0.1, 0.15) is 0 Å². The first kappa shape index (κ1) is 16.0. The van der Waals surface area contributed by atoms with Crippen LogP contribution in [0.3, 0.4) is 0 Å². The topological polar surface area (TPSA) is 57.6 Å². The maximum absolute atomic E-state index is 12.9. The zero-order valence-electron chi connectivity index (χ0n) is 14.2. The van der Waals surface area contributed by atoms with Gasteiger partial charge in [0.15, 0.2) is 5.76 Å². The second-order valence-electron chi connectivity index (χ2n) is 6.19. The molecular formula is C20H19NO3. The Balaban J connectivity index is 2.11. The molecule has 2 amide bonds. The quantitative estimate of drug-likeness (QED) is 0.857. The number of aliphatic hydroxyl groups is 1. The van der Waals surface area contributed by atoms with Gasteiger partial charge >= 0.3 is 5.91 Å². The third-order valence-electron chi connectivity index (χ3n) is 4.67. The number of nitrogens with zero attached hydrogens (tertiary/aromatic N) is 1. The summed E-state index contributed by atoms with van der Waals surface area (Å²) in [5.74, 6) is -1.67. The summed E-state index contributed by atoms with van der Waals surface area (Å²) in [6.45, 7) is 7.68. The van der Waals surface area contributed by atoms with Crippen molar-refractivity contribution in [3.8, 4) is 0 Å². The Bertz CT molecular complexity index is 909. The highest BCUT2D eigenvalue weighted by Gasteiger charge is 2.40. The van der Waals surface area contributed by atoms with Gasteiger partial charge in [-0.25, -0.2) is 4.90 Å². The fraction of sp³-hybridized carbons (Fsp3) is 0.200. The monoisotopic (exact) mass is 321 g/mol. The van der Waals surface area contributed by atoms with Crippen molar-refractivity contribution in [1.82, 2.24) is 0 Å². The van der Waals surface area contributed by atoms with E-state index < -0.39 is 17.6 Å². The van der Waals surface area contributed by atoms with Crippen LogP contribution in [0.25, 0.3) is 5.57 Å². The SMILES string of the molecule is Cc1ccc(C2=C(O)C(=O)N(c3cccc(C)c3C)C2=O)cc1C. The summed E-state index contributed by atoms with van der Waals surface area (Å²) in [5.41, 5.74) is 5.03. The molecule has 0 aromatic heterocycles. The molecule has 0 saturated heterocycles. The lowest BCUT2D eigenvalue weighted by atomic mass is 10.00. The summed E-state index contributed by atoms with van der Waals surface area (Å²) in [5, 5.41) is 10.3. The van der Waals surface area contributed by atoms with Crippen LogP contribution in [0, 0.1) is 27.7 Å². The molecule has 1 N–H and O–H groups in total. The number of aliphatic hydroxyl groups excluding tert-OH is 1. The minimum atomic E-state index is -0.679. The molecule has 4 heteroatoms. The molecular weight excluding hydrogens is 302 g/mol. The number of imide groups is 1. The van der Waals surface area contributed by atoms with E-state index in [2.05, 4.69) is 0 Å². The lowest BCUT2D eigenvalue weighted by Crippen LogP contribution is -2.32. The van der Waals surface area contributed by atoms with Gasteiger partial charge in [0.05, 0.1) is 11.3 Å². The first-order valence-electron chi connectivity index (χ1n) is 7.78.